The number of nitrogens with one attached hydrogen (secondary N) is 1. The Balaban J connectivity index is 2.28. The third-order valence-corrected chi connectivity index (χ3v) is 3.85. The van der Waals surface area contributed by atoms with Crippen LogP contribution >= 0.6 is 15.9 Å². The second-order valence-corrected chi connectivity index (χ2v) is 5.50. The number of anilines is 1. The second kappa shape index (κ2) is 6.06. The van der Waals surface area contributed by atoms with E-state index < -0.39 is 0 Å². The summed E-state index contributed by atoms with van der Waals surface area (Å²) >= 11 is 3.35. The first kappa shape index (κ1) is 14.5. The summed E-state index contributed by atoms with van der Waals surface area (Å²) in [5, 5.41) is 12.4. The van der Waals surface area contributed by atoms with E-state index >= 15 is 0 Å². The van der Waals surface area contributed by atoms with Gasteiger partial charge in [-0.05, 0) is 59.1 Å². The van der Waals surface area contributed by atoms with E-state index in [4.69, 9.17) is 0 Å². The first-order chi connectivity index (χ1) is 9.52. The lowest BCUT2D eigenvalue weighted by atomic mass is 10.0. The number of hydrogen-bond acceptors (Lipinski definition) is 2. The van der Waals surface area contributed by atoms with Crippen molar-refractivity contribution in [3.63, 3.8) is 0 Å². The van der Waals surface area contributed by atoms with Gasteiger partial charge in [0.15, 0.2) is 0 Å². The van der Waals surface area contributed by atoms with E-state index in [-0.39, 0.29) is 11.9 Å². The van der Waals surface area contributed by atoms with Gasteiger partial charge in [-0.3, -0.25) is 0 Å². The van der Waals surface area contributed by atoms with Gasteiger partial charge in [0.2, 0.25) is 0 Å². The fourth-order valence-electron chi connectivity index (χ4n) is 1.95. The van der Waals surface area contributed by atoms with Crippen LogP contribution < -0.4 is 5.32 Å². The van der Waals surface area contributed by atoms with Crippen molar-refractivity contribution < 1.29 is 4.39 Å². The quantitative estimate of drug-likeness (QED) is 0.863. The number of nitrogens with zero attached hydrogens (tertiary/aromatic N) is 1. The van der Waals surface area contributed by atoms with Crippen molar-refractivity contribution in [2.75, 3.05) is 5.32 Å². The Morgan fingerprint density at radius 3 is 2.70 bits per heavy atom. The second-order valence-electron chi connectivity index (χ2n) is 4.65. The van der Waals surface area contributed by atoms with Gasteiger partial charge < -0.3 is 5.32 Å². The van der Waals surface area contributed by atoms with Crippen LogP contribution in [-0.2, 0) is 0 Å². The highest BCUT2D eigenvalue weighted by Gasteiger charge is 2.11. The van der Waals surface area contributed by atoms with E-state index in [9.17, 15) is 9.65 Å². The highest BCUT2D eigenvalue weighted by atomic mass is 79.9. The molecule has 1 N–H and O–H groups in total. The van der Waals surface area contributed by atoms with Gasteiger partial charge in [0.1, 0.15) is 11.9 Å². The van der Waals surface area contributed by atoms with Crippen LogP contribution in [0, 0.1) is 24.1 Å². The Morgan fingerprint density at radius 1 is 1.30 bits per heavy atom. The molecule has 0 aliphatic heterocycles. The zero-order chi connectivity index (χ0) is 14.7. The molecule has 0 spiro atoms. The van der Waals surface area contributed by atoms with E-state index in [2.05, 4.69) is 27.3 Å². The fraction of sp³-hybridized carbons (Fsp3) is 0.188. The summed E-state index contributed by atoms with van der Waals surface area (Å²) in [6.45, 7) is 3.67. The Hall–Kier alpha value is -1.86. The number of rotatable bonds is 3. The molecule has 0 saturated carbocycles. The fourth-order valence-corrected chi connectivity index (χ4v) is 2.41. The standard InChI is InChI=1S/C16H14BrFN2/c1-10-6-7-12(8-15(10)18)11(2)20-16-5-3-4-14(17)13(16)9-19/h3-8,11,20H,1-2H3. The molecule has 2 aromatic carbocycles. The van der Waals surface area contributed by atoms with Crippen LogP contribution in [0.5, 0.6) is 0 Å². The van der Waals surface area contributed by atoms with Gasteiger partial charge in [-0.1, -0.05) is 18.2 Å². The van der Waals surface area contributed by atoms with Crippen molar-refractivity contribution in [2.24, 2.45) is 0 Å². The zero-order valence-corrected chi connectivity index (χ0v) is 12.8. The predicted octanol–water partition coefficient (Wildman–Crippen LogP) is 4.94. The van der Waals surface area contributed by atoms with E-state index in [1.807, 2.05) is 31.2 Å². The summed E-state index contributed by atoms with van der Waals surface area (Å²) in [7, 11) is 0. The normalized spacial score (nSPS) is 11.8. The molecule has 1 unspecified atom stereocenters. The molecule has 0 amide bonds. The third kappa shape index (κ3) is 3.00. The minimum Gasteiger partial charge on any atom is -0.377 e. The van der Waals surface area contributed by atoms with Crippen molar-refractivity contribution in [1.29, 1.82) is 5.26 Å². The van der Waals surface area contributed by atoms with E-state index in [0.717, 1.165) is 15.7 Å². The van der Waals surface area contributed by atoms with Gasteiger partial charge in [-0.15, -0.1) is 0 Å². The molecule has 0 aliphatic carbocycles. The summed E-state index contributed by atoms with van der Waals surface area (Å²) in [4.78, 5) is 0. The third-order valence-electron chi connectivity index (χ3n) is 3.19. The lowest BCUT2D eigenvalue weighted by molar-refractivity contribution is 0.614. The maximum atomic E-state index is 13.6. The van der Waals surface area contributed by atoms with Crippen LogP contribution in [0.1, 0.15) is 29.7 Å². The Kier molecular flexibility index (Phi) is 4.41. The van der Waals surface area contributed by atoms with Crippen LogP contribution in [0.2, 0.25) is 0 Å². The minimum atomic E-state index is -0.217. The Morgan fingerprint density at radius 2 is 2.05 bits per heavy atom. The number of nitriles is 1. The molecular formula is C16H14BrFN2. The molecular weight excluding hydrogens is 319 g/mol. The smallest absolute Gasteiger partial charge is 0.126 e. The molecule has 0 heterocycles. The molecule has 1 atom stereocenters. The first-order valence-corrected chi connectivity index (χ1v) is 7.03. The van der Waals surface area contributed by atoms with E-state index in [1.54, 1.807) is 13.0 Å². The SMILES string of the molecule is Cc1ccc(C(C)Nc2cccc(Br)c2C#N)cc1F. The Labute approximate surface area is 126 Å². The topological polar surface area (TPSA) is 35.8 Å². The zero-order valence-electron chi connectivity index (χ0n) is 11.2. The number of benzene rings is 2. The number of halogens is 2. The maximum Gasteiger partial charge on any atom is 0.126 e. The molecule has 2 nitrogen and oxygen atoms in total. The molecule has 4 heteroatoms. The van der Waals surface area contributed by atoms with Crippen molar-refractivity contribution in [3.8, 4) is 6.07 Å². The minimum absolute atomic E-state index is 0.0912. The van der Waals surface area contributed by atoms with Crippen molar-refractivity contribution >= 4 is 21.6 Å². The molecule has 0 aromatic heterocycles. The van der Waals surface area contributed by atoms with Gasteiger partial charge in [-0.25, -0.2) is 4.39 Å². The largest absolute Gasteiger partial charge is 0.377 e. The summed E-state index contributed by atoms with van der Waals surface area (Å²) in [5.41, 5.74) is 2.75. The van der Waals surface area contributed by atoms with Gasteiger partial charge in [0, 0.05) is 10.5 Å². The molecule has 2 aromatic rings. The van der Waals surface area contributed by atoms with Crippen LogP contribution in [-0.4, -0.2) is 0 Å². The number of hydrogen-bond donors (Lipinski definition) is 1. The molecule has 0 saturated heterocycles. The predicted molar refractivity (Wildman–Crippen MR) is 82.0 cm³/mol. The van der Waals surface area contributed by atoms with Gasteiger partial charge in [0.25, 0.3) is 0 Å². The summed E-state index contributed by atoms with van der Waals surface area (Å²) in [6, 6.07) is 12.8. The van der Waals surface area contributed by atoms with Crippen molar-refractivity contribution in [2.45, 2.75) is 19.9 Å². The highest BCUT2D eigenvalue weighted by Crippen LogP contribution is 2.27. The van der Waals surface area contributed by atoms with Crippen molar-refractivity contribution in [1.82, 2.24) is 0 Å². The van der Waals surface area contributed by atoms with Gasteiger partial charge in [-0.2, -0.15) is 5.26 Å². The molecule has 0 fully saturated rings. The maximum absolute atomic E-state index is 13.6. The van der Waals surface area contributed by atoms with Crippen LogP contribution in [0.3, 0.4) is 0 Å². The lowest BCUT2D eigenvalue weighted by Gasteiger charge is -2.17. The molecule has 102 valence electrons. The summed E-state index contributed by atoms with van der Waals surface area (Å²) < 4.78 is 14.3. The van der Waals surface area contributed by atoms with E-state index in [1.165, 1.54) is 6.07 Å². The molecule has 20 heavy (non-hydrogen) atoms. The number of aryl methyl sites for hydroxylation is 1. The lowest BCUT2D eigenvalue weighted by Crippen LogP contribution is -2.08. The van der Waals surface area contributed by atoms with Crippen LogP contribution in [0.25, 0.3) is 0 Å². The van der Waals surface area contributed by atoms with Crippen LogP contribution in [0.4, 0.5) is 10.1 Å². The summed E-state index contributed by atoms with van der Waals surface area (Å²) in [5.74, 6) is -0.217. The van der Waals surface area contributed by atoms with Crippen molar-refractivity contribution in [3.05, 3.63) is 63.4 Å². The first-order valence-electron chi connectivity index (χ1n) is 6.24. The Bertz CT molecular complexity index is 677. The van der Waals surface area contributed by atoms with Gasteiger partial charge >= 0.3 is 0 Å². The average molecular weight is 333 g/mol. The monoisotopic (exact) mass is 332 g/mol. The average Bonchev–Trinajstić information content (AvgIpc) is 2.42. The molecule has 0 aliphatic rings. The van der Waals surface area contributed by atoms with Crippen LogP contribution in [0.15, 0.2) is 40.9 Å². The van der Waals surface area contributed by atoms with E-state index in [0.29, 0.717) is 11.1 Å². The highest BCUT2D eigenvalue weighted by molar-refractivity contribution is 9.10. The van der Waals surface area contributed by atoms with Gasteiger partial charge in [0.05, 0.1) is 11.3 Å². The molecule has 2 rings (SSSR count). The molecule has 0 bridgehead atoms. The molecule has 0 radical (unpaired) electrons. The summed E-state index contributed by atoms with van der Waals surface area (Å²) in [6.07, 6.45) is 0.